The molecule has 2 aromatic heterocycles. The standard InChI is InChI=1S/C21H15ClN4OS2/c22-15-7-5-13(6-8-15)11-29-21-24-20-18(25-26-21)16-3-1-2-4-17(16)23-19(27-20)14-9-10-28-12-14/h1-10,12,19,23H,11H2/t19-/m0/s1. The fraction of sp³-hybridized carbons (Fsp3) is 0.0952. The maximum absolute atomic E-state index is 6.24. The van der Waals surface area contributed by atoms with Gasteiger partial charge in [0.2, 0.25) is 11.0 Å². The zero-order valence-corrected chi connectivity index (χ0v) is 17.5. The van der Waals surface area contributed by atoms with Crippen molar-refractivity contribution < 1.29 is 4.74 Å². The molecule has 0 saturated carbocycles. The Morgan fingerprint density at radius 1 is 1.07 bits per heavy atom. The molecule has 0 unspecified atom stereocenters. The van der Waals surface area contributed by atoms with Gasteiger partial charge in [0.05, 0.1) is 0 Å². The van der Waals surface area contributed by atoms with Crippen molar-refractivity contribution in [2.75, 3.05) is 5.32 Å². The second-order valence-corrected chi connectivity index (χ2v) is 8.57. The summed E-state index contributed by atoms with van der Waals surface area (Å²) >= 11 is 9.10. The van der Waals surface area contributed by atoms with Gasteiger partial charge in [-0.25, -0.2) is 0 Å². The van der Waals surface area contributed by atoms with Gasteiger partial charge in [-0.1, -0.05) is 53.7 Å². The normalized spacial score (nSPS) is 14.9. The number of aromatic nitrogens is 3. The van der Waals surface area contributed by atoms with Crippen LogP contribution >= 0.6 is 34.7 Å². The molecule has 1 atom stereocenters. The highest BCUT2D eigenvalue weighted by Crippen LogP contribution is 2.39. The Balaban J connectivity index is 1.47. The lowest BCUT2D eigenvalue weighted by Crippen LogP contribution is -2.16. The monoisotopic (exact) mass is 438 g/mol. The van der Waals surface area contributed by atoms with Crippen LogP contribution in [0.25, 0.3) is 11.3 Å². The summed E-state index contributed by atoms with van der Waals surface area (Å²) in [6, 6.07) is 17.8. The number of halogens is 1. The molecule has 0 radical (unpaired) electrons. The molecule has 0 fully saturated rings. The molecule has 0 spiro atoms. The molecule has 5 nitrogen and oxygen atoms in total. The minimum atomic E-state index is -0.338. The third-order valence-corrected chi connectivity index (χ3v) is 6.32. The first-order valence-electron chi connectivity index (χ1n) is 8.93. The molecule has 3 heterocycles. The molecule has 0 amide bonds. The van der Waals surface area contributed by atoms with Crippen LogP contribution in [0.1, 0.15) is 17.4 Å². The Kier molecular flexibility index (Phi) is 5.10. The molecule has 29 heavy (non-hydrogen) atoms. The Bertz CT molecular complexity index is 1140. The number of thioether (sulfide) groups is 1. The van der Waals surface area contributed by atoms with E-state index in [0.29, 0.717) is 16.7 Å². The van der Waals surface area contributed by atoms with Crippen LogP contribution < -0.4 is 10.1 Å². The largest absolute Gasteiger partial charge is 0.448 e. The van der Waals surface area contributed by atoms with Crippen LogP contribution in [0.4, 0.5) is 5.69 Å². The summed E-state index contributed by atoms with van der Waals surface area (Å²) in [5, 5.41) is 17.6. The summed E-state index contributed by atoms with van der Waals surface area (Å²) in [5.41, 5.74) is 4.70. The maximum Gasteiger partial charge on any atom is 0.247 e. The number of thiophene rings is 1. The van der Waals surface area contributed by atoms with Crippen molar-refractivity contribution >= 4 is 40.4 Å². The molecular weight excluding hydrogens is 424 g/mol. The summed E-state index contributed by atoms with van der Waals surface area (Å²) in [7, 11) is 0. The number of para-hydroxylation sites is 1. The summed E-state index contributed by atoms with van der Waals surface area (Å²) in [5.74, 6) is 1.20. The summed E-state index contributed by atoms with van der Waals surface area (Å²) in [6.07, 6.45) is -0.338. The Morgan fingerprint density at radius 2 is 1.93 bits per heavy atom. The summed E-state index contributed by atoms with van der Waals surface area (Å²) in [6.45, 7) is 0. The number of benzene rings is 2. The Hall–Kier alpha value is -2.61. The molecule has 1 N–H and O–H groups in total. The first-order valence-corrected chi connectivity index (χ1v) is 11.2. The molecule has 8 heteroatoms. The van der Waals surface area contributed by atoms with Crippen molar-refractivity contribution in [1.29, 1.82) is 0 Å². The fourth-order valence-electron chi connectivity index (χ4n) is 3.01. The lowest BCUT2D eigenvalue weighted by atomic mass is 10.1. The van der Waals surface area contributed by atoms with E-state index >= 15 is 0 Å². The molecule has 144 valence electrons. The lowest BCUT2D eigenvalue weighted by molar-refractivity contribution is 0.225. The molecular formula is C21H15ClN4OS2. The van der Waals surface area contributed by atoms with Gasteiger partial charge < -0.3 is 10.1 Å². The van der Waals surface area contributed by atoms with E-state index in [0.717, 1.165) is 33.2 Å². The highest BCUT2D eigenvalue weighted by molar-refractivity contribution is 7.98. The van der Waals surface area contributed by atoms with Gasteiger partial charge >= 0.3 is 0 Å². The van der Waals surface area contributed by atoms with Crippen molar-refractivity contribution in [3.63, 3.8) is 0 Å². The zero-order valence-electron chi connectivity index (χ0n) is 15.1. The minimum Gasteiger partial charge on any atom is -0.448 e. The SMILES string of the molecule is Clc1ccc(CSc2nnc3c(n2)O[C@@H](c2ccsc2)Nc2ccccc2-3)cc1. The second-order valence-electron chi connectivity index (χ2n) is 6.41. The van der Waals surface area contributed by atoms with E-state index in [2.05, 4.69) is 25.9 Å². The average molecular weight is 439 g/mol. The van der Waals surface area contributed by atoms with Crippen molar-refractivity contribution in [2.24, 2.45) is 0 Å². The van der Waals surface area contributed by atoms with Crippen LogP contribution in [0.3, 0.4) is 0 Å². The molecule has 0 saturated heterocycles. The second kappa shape index (κ2) is 8.02. The summed E-state index contributed by atoms with van der Waals surface area (Å²) in [4.78, 5) is 4.67. The summed E-state index contributed by atoms with van der Waals surface area (Å²) < 4.78 is 6.24. The smallest absolute Gasteiger partial charge is 0.247 e. The maximum atomic E-state index is 6.24. The lowest BCUT2D eigenvalue weighted by Gasteiger charge is -2.17. The highest BCUT2D eigenvalue weighted by atomic mass is 35.5. The number of fused-ring (bicyclic) bond motifs is 3. The number of hydrogen-bond acceptors (Lipinski definition) is 7. The molecule has 0 aliphatic carbocycles. The van der Waals surface area contributed by atoms with Crippen LogP contribution in [0.2, 0.25) is 5.02 Å². The zero-order chi connectivity index (χ0) is 19.6. The van der Waals surface area contributed by atoms with Gasteiger partial charge in [0.15, 0.2) is 11.9 Å². The van der Waals surface area contributed by atoms with Gasteiger partial charge in [-0.2, -0.15) is 16.3 Å². The number of rotatable bonds is 4. The van der Waals surface area contributed by atoms with E-state index in [9.17, 15) is 0 Å². The van der Waals surface area contributed by atoms with E-state index in [4.69, 9.17) is 16.3 Å². The van der Waals surface area contributed by atoms with Gasteiger partial charge in [-0.15, -0.1) is 10.2 Å². The van der Waals surface area contributed by atoms with Crippen LogP contribution in [0.5, 0.6) is 5.88 Å². The molecule has 1 aliphatic heterocycles. The van der Waals surface area contributed by atoms with Crippen LogP contribution in [0, 0.1) is 0 Å². The topological polar surface area (TPSA) is 59.9 Å². The van der Waals surface area contributed by atoms with E-state index in [-0.39, 0.29) is 6.23 Å². The van der Waals surface area contributed by atoms with Gasteiger partial charge in [-0.05, 0) is 40.6 Å². The van der Waals surface area contributed by atoms with Crippen molar-refractivity contribution in [1.82, 2.24) is 15.2 Å². The number of nitrogens with one attached hydrogen (secondary N) is 1. The number of nitrogens with zero attached hydrogens (tertiary/aromatic N) is 3. The predicted octanol–water partition coefficient (Wildman–Crippen LogP) is 6.05. The minimum absolute atomic E-state index is 0.338. The van der Waals surface area contributed by atoms with E-state index in [1.165, 1.54) is 11.8 Å². The number of hydrogen-bond donors (Lipinski definition) is 1. The highest BCUT2D eigenvalue weighted by Gasteiger charge is 2.26. The number of ether oxygens (including phenoxy) is 1. The quantitative estimate of drug-likeness (QED) is 0.391. The first-order chi connectivity index (χ1) is 14.3. The van der Waals surface area contributed by atoms with Gasteiger partial charge in [0, 0.05) is 27.6 Å². The van der Waals surface area contributed by atoms with Gasteiger partial charge in [-0.3, -0.25) is 0 Å². The van der Waals surface area contributed by atoms with Crippen LogP contribution in [-0.4, -0.2) is 15.2 Å². The third-order valence-electron chi connectivity index (χ3n) is 4.46. The van der Waals surface area contributed by atoms with Gasteiger partial charge in [0.1, 0.15) is 0 Å². The van der Waals surface area contributed by atoms with Crippen molar-refractivity contribution in [3.8, 4) is 17.1 Å². The molecule has 5 rings (SSSR count). The molecule has 0 bridgehead atoms. The van der Waals surface area contributed by atoms with Crippen molar-refractivity contribution in [2.45, 2.75) is 17.1 Å². The van der Waals surface area contributed by atoms with Gasteiger partial charge in [0.25, 0.3) is 0 Å². The van der Waals surface area contributed by atoms with Crippen LogP contribution in [0.15, 0.2) is 70.5 Å². The molecule has 4 aromatic rings. The first kappa shape index (κ1) is 18.4. The predicted molar refractivity (Wildman–Crippen MR) is 118 cm³/mol. The third kappa shape index (κ3) is 3.94. The molecule has 2 aromatic carbocycles. The molecule has 1 aliphatic rings. The van der Waals surface area contributed by atoms with Crippen molar-refractivity contribution in [3.05, 3.63) is 81.5 Å². The van der Waals surface area contributed by atoms with E-state index in [1.54, 1.807) is 11.3 Å². The van der Waals surface area contributed by atoms with E-state index in [1.807, 2.05) is 60.0 Å². The van der Waals surface area contributed by atoms with E-state index < -0.39 is 0 Å². The number of anilines is 1. The van der Waals surface area contributed by atoms with Crippen LogP contribution in [-0.2, 0) is 5.75 Å². The Labute approximate surface area is 181 Å². The fourth-order valence-corrected chi connectivity index (χ4v) is 4.55. The average Bonchev–Trinajstić information content (AvgIpc) is 3.23. The Morgan fingerprint density at radius 3 is 2.76 bits per heavy atom.